The first-order valence-electron chi connectivity index (χ1n) is 10.6. The van der Waals surface area contributed by atoms with E-state index < -0.39 is 5.97 Å². The number of primary amides is 1. The number of hydrogen-bond acceptors (Lipinski definition) is 6. The van der Waals surface area contributed by atoms with Gasteiger partial charge in [-0.15, -0.1) is 0 Å². The molecule has 2 aromatic heterocycles. The summed E-state index contributed by atoms with van der Waals surface area (Å²) in [5.74, 6) is -0.381. The number of aliphatic imine (C=N–C) groups is 1. The quantitative estimate of drug-likeness (QED) is 0.455. The summed E-state index contributed by atoms with van der Waals surface area (Å²) in [6.45, 7) is 0.673. The van der Waals surface area contributed by atoms with Crippen molar-refractivity contribution in [1.29, 1.82) is 0 Å². The number of aryl methyl sites for hydroxylation is 1. The van der Waals surface area contributed by atoms with E-state index in [1.807, 2.05) is 50.8 Å². The summed E-state index contributed by atoms with van der Waals surface area (Å²) in [6, 6.07) is 15.6. The van der Waals surface area contributed by atoms with Crippen LogP contribution in [-0.2, 0) is 11.8 Å². The number of carboxylic acid groups (broad SMARTS) is 1. The molecule has 9 heteroatoms. The van der Waals surface area contributed by atoms with Crippen molar-refractivity contribution in [2.75, 3.05) is 18.5 Å². The van der Waals surface area contributed by atoms with Crippen LogP contribution in [0, 0.1) is 0 Å². The minimum Gasteiger partial charge on any atom is -0.477 e. The molecule has 4 aromatic rings. The van der Waals surface area contributed by atoms with Crippen molar-refractivity contribution < 1.29 is 14.7 Å². The molecule has 5 rings (SSSR count). The number of aromatic carboxylic acids is 1. The van der Waals surface area contributed by atoms with Gasteiger partial charge in [-0.3, -0.25) is 14.5 Å². The normalized spacial score (nSPS) is 13.8. The molecule has 9 nitrogen and oxygen atoms in total. The van der Waals surface area contributed by atoms with Crippen molar-refractivity contribution in [2.45, 2.75) is 6.42 Å². The van der Waals surface area contributed by atoms with Gasteiger partial charge in [0.2, 0.25) is 6.41 Å². The fourth-order valence-corrected chi connectivity index (χ4v) is 4.17. The molecule has 0 fully saturated rings. The molecule has 0 atom stereocenters. The van der Waals surface area contributed by atoms with Crippen LogP contribution in [0.1, 0.15) is 22.5 Å². The highest BCUT2D eigenvalue weighted by molar-refractivity contribution is 6.10. The lowest BCUT2D eigenvalue weighted by atomic mass is 9.95. The fourth-order valence-electron chi connectivity index (χ4n) is 4.17. The number of rotatable bonds is 3. The van der Waals surface area contributed by atoms with E-state index >= 15 is 0 Å². The van der Waals surface area contributed by atoms with Gasteiger partial charge in [0.1, 0.15) is 5.82 Å². The third-order valence-corrected chi connectivity index (χ3v) is 5.67. The zero-order valence-electron chi connectivity index (χ0n) is 18.8. The molecule has 172 valence electrons. The molecular weight excluding hydrogens is 432 g/mol. The average molecular weight is 457 g/mol. The number of fused-ring (bicyclic) bond motifs is 2. The van der Waals surface area contributed by atoms with Crippen LogP contribution in [0.2, 0.25) is 0 Å². The minimum absolute atomic E-state index is 0.0391. The van der Waals surface area contributed by atoms with E-state index in [0.29, 0.717) is 12.4 Å². The van der Waals surface area contributed by atoms with Crippen molar-refractivity contribution >= 4 is 40.4 Å². The van der Waals surface area contributed by atoms with Crippen molar-refractivity contribution in [3.05, 3.63) is 72.2 Å². The summed E-state index contributed by atoms with van der Waals surface area (Å²) < 4.78 is 1.78. The van der Waals surface area contributed by atoms with Crippen molar-refractivity contribution in [3.8, 4) is 11.1 Å². The average Bonchev–Trinajstić information content (AvgIpc) is 3.29. The summed E-state index contributed by atoms with van der Waals surface area (Å²) in [5.41, 5.74) is 9.33. The predicted molar refractivity (Wildman–Crippen MR) is 132 cm³/mol. The van der Waals surface area contributed by atoms with Gasteiger partial charge in [0.25, 0.3) is 0 Å². The Morgan fingerprint density at radius 3 is 2.62 bits per heavy atom. The number of carbonyl (C=O) groups is 2. The summed E-state index contributed by atoms with van der Waals surface area (Å²) in [7, 11) is 3.71. The van der Waals surface area contributed by atoms with Crippen LogP contribution in [0.3, 0.4) is 0 Å². The topological polar surface area (TPSA) is 127 Å². The van der Waals surface area contributed by atoms with Gasteiger partial charge in [0.15, 0.2) is 5.69 Å². The number of carboxylic acids is 1. The fraction of sp³-hybridized carbons (Fsp3) is 0.160. The van der Waals surface area contributed by atoms with Crippen LogP contribution in [0.25, 0.3) is 21.9 Å². The Morgan fingerprint density at radius 2 is 1.94 bits per heavy atom. The zero-order valence-corrected chi connectivity index (χ0v) is 18.8. The maximum atomic E-state index is 11.7. The lowest BCUT2D eigenvalue weighted by Crippen LogP contribution is -2.29. The summed E-state index contributed by atoms with van der Waals surface area (Å²) in [4.78, 5) is 31.5. The second-order valence-electron chi connectivity index (χ2n) is 7.70. The lowest BCUT2D eigenvalue weighted by molar-refractivity contribution is -0.106. The van der Waals surface area contributed by atoms with Gasteiger partial charge in [-0.05, 0) is 29.1 Å². The number of hydrogen-bond donors (Lipinski definition) is 2. The first-order valence-corrected chi connectivity index (χ1v) is 10.6. The molecule has 0 saturated heterocycles. The molecule has 3 N–H and O–H groups in total. The van der Waals surface area contributed by atoms with Crippen molar-refractivity contribution in [2.24, 2.45) is 17.8 Å². The van der Waals surface area contributed by atoms with Gasteiger partial charge in [-0.1, -0.05) is 30.3 Å². The lowest BCUT2D eigenvalue weighted by Gasteiger charge is -2.32. The molecule has 0 aliphatic carbocycles. The Balaban J connectivity index is 0.000000868. The van der Waals surface area contributed by atoms with Gasteiger partial charge < -0.3 is 15.7 Å². The molecular formula is C25H24N6O3. The Bertz CT molecular complexity index is 1410. The second kappa shape index (κ2) is 9.53. The molecule has 0 bridgehead atoms. The molecule has 0 unspecified atom stereocenters. The largest absolute Gasteiger partial charge is 0.477 e. The third-order valence-electron chi connectivity index (χ3n) is 5.67. The standard InChI is InChI=1S/C24H21N5O2.CH3NO/c1-25-20-9-10-29(22-8-7-15(11-19(20)22)17-13-26-28(2)14-17)23-18-6-4-3-5-16(18)12-21(27-23)24(30)31;2-1-3/h3-8,11-14H,9-10H2,1-2H3,(H,30,31);1H,(H2,2,3). The first kappa shape index (κ1) is 22.7. The van der Waals surface area contributed by atoms with Crippen LogP contribution in [0.15, 0.2) is 65.9 Å². The number of carbonyl (C=O) groups excluding carboxylic acids is 1. The molecule has 2 aromatic carbocycles. The van der Waals surface area contributed by atoms with Crippen LogP contribution in [0.4, 0.5) is 11.5 Å². The van der Waals surface area contributed by atoms with Gasteiger partial charge in [0.05, 0.1) is 11.9 Å². The Labute approximate surface area is 196 Å². The van der Waals surface area contributed by atoms with Crippen molar-refractivity contribution in [3.63, 3.8) is 0 Å². The number of nitrogens with zero attached hydrogens (tertiary/aromatic N) is 5. The SMILES string of the molecule is CN=C1CCN(c2nc(C(=O)O)cc3ccccc23)c2ccc(-c3cnn(C)c3)cc21.NC=O. The molecule has 34 heavy (non-hydrogen) atoms. The number of anilines is 2. The molecule has 0 spiro atoms. The maximum Gasteiger partial charge on any atom is 0.354 e. The van der Waals surface area contributed by atoms with E-state index in [2.05, 4.69) is 43.9 Å². The van der Waals surface area contributed by atoms with E-state index in [9.17, 15) is 9.90 Å². The Morgan fingerprint density at radius 1 is 1.18 bits per heavy atom. The molecule has 1 amide bonds. The van der Waals surface area contributed by atoms with Crippen LogP contribution in [-0.4, -0.2) is 51.6 Å². The van der Waals surface area contributed by atoms with E-state index in [-0.39, 0.29) is 12.1 Å². The van der Waals surface area contributed by atoms with Gasteiger partial charge in [-0.25, -0.2) is 9.78 Å². The number of pyridine rings is 1. The van der Waals surface area contributed by atoms with Crippen LogP contribution in [0.5, 0.6) is 0 Å². The highest BCUT2D eigenvalue weighted by Gasteiger charge is 2.26. The summed E-state index contributed by atoms with van der Waals surface area (Å²) in [6.07, 6.45) is 4.82. The minimum atomic E-state index is -1.04. The summed E-state index contributed by atoms with van der Waals surface area (Å²) >= 11 is 0. The summed E-state index contributed by atoms with van der Waals surface area (Å²) in [5, 5.41) is 15.7. The number of aromatic nitrogens is 3. The highest BCUT2D eigenvalue weighted by Crippen LogP contribution is 2.38. The molecule has 0 radical (unpaired) electrons. The van der Waals surface area contributed by atoms with Gasteiger partial charge in [-0.2, -0.15) is 5.10 Å². The third kappa shape index (κ3) is 4.23. The molecule has 1 aliphatic rings. The van der Waals surface area contributed by atoms with Crippen LogP contribution < -0.4 is 10.6 Å². The smallest absolute Gasteiger partial charge is 0.354 e. The second-order valence-corrected chi connectivity index (χ2v) is 7.70. The van der Waals surface area contributed by atoms with Crippen molar-refractivity contribution in [1.82, 2.24) is 14.8 Å². The van der Waals surface area contributed by atoms with E-state index in [4.69, 9.17) is 4.79 Å². The number of benzene rings is 2. The van der Waals surface area contributed by atoms with Gasteiger partial charge in [0, 0.05) is 55.5 Å². The number of amides is 1. The maximum absolute atomic E-state index is 11.7. The van der Waals surface area contributed by atoms with E-state index in [0.717, 1.165) is 45.3 Å². The highest BCUT2D eigenvalue weighted by atomic mass is 16.4. The Kier molecular flexibility index (Phi) is 6.35. The van der Waals surface area contributed by atoms with Crippen LogP contribution >= 0.6 is 0 Å². The molecule has 3 heterocycles. The zero-order chi connectivity index (χ0) is 24.2. The first-order chi connectivity index (χ1) is 16.5. The monoisotopic (exact) mass is 456 g/mol. The predicted octanol–water partition coefficient (Wildman–Crippen LogP) is 3.40. The molecule has 1 aliphatic heterocycles. The Hall–Kier alpha value is -4.53. The molecule has 0 saturated carbocycles. The van der Waals surface area contributed by atoms with E-state index in [1.54, 1.807) is 10.7 Å². The van der Waals surface area contributed by atoms with Gasteiger partial charge >= 0.3 is 5.97 Å². The van der Waals surface area contributed by atoms with E-state index in [1.165, 1.54) is 0 Å². The number of nitrogens with two attached hydrogens (primary N) is 1.